The van der Waals surface area contributed by atoms with Crippen LogP contribution in [0.5, 0.6) is 5.75 Å². The quantitative estimate of drug-likeness (QED) is 0.492. The zero-order valence-corrected chi connectivity index (χ0v) is 18.8. The molecule has 4 rings (SSSR count). The van der Waals surface area contributed by atoms with Crippen LogP contribution in [0.15, 0.2) is 53.7 Å². The van der Waals surface area contributed by atoms with E-state index in [1.165, 1.54) is 28.0 Å². The summed E-state index contributed by atoms with van der Waals surface area (Å²) in [6.07, 6.45) is 5.66. The third-order valence-electron chi connectivity index (χ3n) is 4.99. The molecule has 2 heterocycles. The molecule has 1 aliphatic carbocycles. The summed E-state index contributed by atoms with van der Waals surface area (Å²) in [4.78, 5) is 31.2. The standard InChI is InChI=1S/C23H23N3O3S2/c1-29-16-11-9-15(10-12-16)25-22(28)21-17-6-2-3-7-18(17)31-23(21)26-19(27)14-30-20-8-4-5-13-24-20/h4-5,8-13H,2-3,6-7,14H2,1H3,(H,25,28)(H,26,27). The maximum Gasteiger partial charge on any atom is 0.258 e. The second-order valence-electron chi connectivity index (χ2n) is 7.10. The van der Waals surface area contributed by atoms with Gasteiger partial charge in [-0.25, -0.2) is 4.98 Å². The van der Waals surface area contributed by atoms with Crippen molar-refractivity contribution in [1.29, 1.82) is 0 Å². The average Bonchev–Trinajstić information content (AvgIpc) is 3.16. The topological polar surface area (TPSA) is 80.3 Å². The Morgan fingerprint density at radius 1 is 1.10 bits per heavy atom. The number of hydrogen-bond acceptors (Lipinski definition) is 6. The van der Waals surface area contributed by atoms with Gasteiger partial charge in [0.15, 0.2) is 0 Å². The lowest BCUT2D eigenvalue weighted by Crippen LogP contribution is -2.19. The summed E-state index contributed by atoms with van der Waals surface area (Å²) in [6, 6.07) is 12.8. The molecular formula is C23H23N3O3S2. The van der Waals surface area contributed by atoms with Gasteiger partial charge in [0, 0.05) is 16.8 Å². The van der Waals surface area contributed by atoms with Gasteiger partial charge in [0.2, 0.25) is 5.91 Å². The number of carbonyl (C=O) groups excluding carboxylic acids is 2. The average molecular weight is 454 g/mol. The molecule has 6 nitrogen and oxygen atoms in total. The Bertz CT molecular complexity index is 1070. The predicted molar refractivity (Wildman–Crippen MR) is 125 cm³/mol. The zero-order valence-electron chi connectivity index (χ0n) is 17.1. The Hall–Kier alpha value is -2.84. The van der Waals surface area contributed by atoms with E-state index in [0.717, 1.165) is 42.0 Å². The number of carbonyl (C=O) groups is 2. The van der Waals surface area contributed by atoms with Gasteiger partial charge in [0.25, 0.3) is 5.91 Å². The molecule has 0 unspecified atom stereocenters. The number of ether oxygens (including phenoxy) is 1. The van der Waals surface area contributed by atoms with Gasteiger partial charge >= 0.3 is 0 Å². The predicted octanol–water partition coefficient (Wildman–Crippen LogP) is 5.01. The molecule has 1 aromatic carbocycles. The molecule has 0 spiro atoms. The van der Waals surface area contributed by atoms with Crippen LogP contribution in [0.3, 0.4) is 0 Å². The fourth-order valence-corrected chi connectivity index (χ4v) is 5.46. The third-order valence-corrected chi connectivity index (χ3v) is 7.14. The molecule has 2 amide bonds. The number of methoxy groups -OCH3 is 1. The van der Waals surface area contributed by atoms with Crippen LogP contribution in [0.2, 0.25) is 0 Å². The molecule has 0 fully saturated rings. The van der Waals surface area contributed by atoms with Crippen LogP contribution in [0, 0.1) is 0 Å². The van der Waals surface area contributed by atoms with Gasteiger partial charge < -0.3 is 15.4 Å². The van der Waals surface area contributed by atoms with Crippen LogP contribution in [0.25, 0.3) is 0 Å². The molecule has 1 aliphatic rings. The second kappa shape index (κ2) is 9.98. The Balaban J connectivity index is 1.51. The highest BCUT2D eigenvalue weighted by atomic mass is 32.2. The molecule has 0 saturated carbocycles. The molecule has 0 radical (unpaired) electrons. The van der Waals surface area contributed by atoms with Crippen molar-refractivity contribution in [2.45, 2.75) is 30.7 Å². The number of aryl methyl sites for hydroxylation is 1. The number of thiophene rings is 1. The smallest absolute Gasteiger partial charge is 0.258 e. The number of hydrogen-bond donors (Lipinski definition) is 2. The fourth-order valence-electron chi connectivity index (χ4n) is 3.50. The number of benzene rings is 1. The van der Waals surface area contributed by atoms with E-state index in [-0.39, 0.29) is 17.6 Å². The molecular weight excluding hydrogens is 430 g/mol. The first-order valence-corrected chi connectivity index (χ1v) is 11.9. The van der Waals surface area contributed by atoms with E-state index in [4.69, 9.17) is 4.74 Å². The van der Waals surface area contributed by atoms with Gasteiger partial charge in [0.05, 0.1) is 23.5 Å². The van der Waals surface area contributed by atoms with E-state index in [1.54, 1.807) is 37.6 Å². The van der Waals surface area contributed by atoms with Crippen molar-refractivity contribution in [2.24, 2.45) is 0 Å². The van der Waals surface area contributed by atoms with Crippen molar-refractivity contribution in [2.75, 3.05) is 23.5 Å². The molecule has 2 N–H and O–H groups in total. The molecule has 0 saturated heterocycles. The summed E-state index contributed by atoms with van der Waals surface area (Å²) in [5.74, 6) is 0.619. The zero-order chi connectivity index (χ0) is 21.6. The van der Waals surface area contributed by atoms with Gasteiger partial charge in [-0.05, 0) is 67.6 Å². The summed E-state index contributed by atoms with van der Waals surface area (Å²) >= 11 is 2.89. The molecule has 31 heavy (non-hydrogen) atoms. The van der Waals surface area contributed by atoms with Crippen LogP contribution in [-0.4, -0.2) is 29.7 Å². The Labute approximate surface area is 189 Å². The molecule has 8 heteroatoms. The SMILES string of the molecule is COc1ccc(NC(=O)c2c(NC(=O)CSc3ccccn3)sc3c2CCCC3)cc1. The van der Waals surface area contributed by atoms with Crippen LogP contribution in [0.4, 0.5) is 10.7 Å². The number of rotatable bonds is 7. The Morgan fingerprint density at radius 2 is 1.90 bits per heavy atom. The van der Waals surface area contributed by atoms with E-state index in [0.29, 0.717) is 16.3 Å². The lowest BCUT2D eigenvalue weighted by atomic mass is 9.95. The Morgan fingerprint density at radius 3 is 2.65 bits per heavy atom. The minimum Gasteiger partial charge on any atom is -0.497 e. The van der Waals surface area contributed by atoms with Gasteiger partial charge in [-0.2, -0.15) is 0 Å². The molecule has 2 aromatic heterocycles. The second-order valence-corrected chi connectivity index (χ2v) is 9.20. The number of anilines is 2. The number of thioether (sulfide) groups is 1. The summed E-state index contributed by atoms with van der Waals surface area (Å²) in [6.45, 7) is 0. The lowest BCUT2D eigenvalue weighted by Gasteiger charge is -2.13. The highest BCUT2D eigenvalue weighted by Crippen LogP contribution is 2.38. The van der Waals surface area contributed by atoms with Gasteiger partial charge in [-0.15, -0.1) is 11.3 Å². The highest BCUT2D eigenvalue weighted by Gasteiger charge is 2.26. The number of nitrogens with one attached hydrogen (secondary N) is 2. The monoisotopic (exact) mass is 453 g/mol. The van der Waals surface area contributed by atoms with Gasteiger partial charge in [-0.3, -0.25) is 9.59 Å². The number of pyridine rings is 1. The first-order valence-electron chi connectivity index (χ1n) is 10.1. The maximum atomic E-state index is 13.2. The summed E-state index contributed by atoms with van der Waals surface area (Å²) in [5.41, 5.74) is 2.34. The van der Waals surface area contributed by atoms with Crippen LogP contribution >= 0.6 is 23.1 Å². The molecule has 0 aliphatic heterocycles. The highest BCUT2D eigenvalue weighted by molar-refractivity contribution is 7.99. The normalized spacial score (nSPS) is 12.7. The number of fused-ring (bicyclic) bond motifs is 1. The summed E-state index contributed by atoms with van der Waals surface area (Å²) < 4.78 is 5.17. The van der Waals surface area contributed by atoms with E-state index in [2.05, 4.69) is 15.6 Å². The van der Waals surface area contributed by atoms with Crippen molar-refractivity contribution in [1.82, 2.24) is 4.98 Å². The first kappa shape index (κ1) is 21.4. The minimum atomic E-state index is -0.197. The molecule has 3 aromatic rings. The lowest BCUT2D eigenvalue weighted by molar-refractivity contribution is -0.113. The third kappa shape index (κ3) is 5.26. The molecule has 0 atom stereocenters. The molecule has 0 bridgehead atoms. The van der Waals surface area contributed by atoms with Crippen molar-refractivity contribution in [3.05, 3.63) is 64.7 Å². The van der Waals surface area contributed by atoms with E-state index >= 15 is 0 Å². The largest absolute Gasteiger partial charge is 0.497 e. The van der Waals surface area contributed by atoms with E-state index in [1.807, 2.05) is 18.2 Å². The van der Waals surface area contributed by atoms with Gasteiger partial charge in [-0.1, -0.05) is 17.8 Å². The van der Waals surface area contributed by atoms with Crippen molar-refractivity contribution in [3.8, 4) is 5.75 Å². The molecule has 160 valence electrons. The summed E-state index contributed by atoms with van der Waals surface area (Å²) in [7, 11) is 1.60. The minimum absolute atomic E-state index is 0.146. The Kier molecular flexibility index (Phi) is 6.89. The fraction of sp³-hybridized carbons (Fsp3) is 0.261. The van der Waals surface area contributed by atoms with Crippen molar-refractivity contribution < 1.29 is 14.3 Å². The van der Waals surface area contributed by atoms with E-state index in [9.17, 15) is 9.59 Å². The van der Waals surface area contributed by atoms with Crippen molar-refractivity contribution in [3.63, 3.8) is 0 Å². The van der Waals surface area contributed by atoms with E-state index < -0.39 is 0 Å². The van der Waals surface area contributed by atoms with Crippen molar-refractivity contribution >= 4 is 45.6 Å². The number of nitrogens with zero attached hydrogens (tertiary/aromatic N) is 1. The van der Waals surface area contributed by atoms with Gasteiger partial charge in [0.1, 0.15) is 10.8 Å². The number of aromatic nitrogens is 1. The number of amides is 2. The van der Waals surface area contributed by atoms with Crippen LogP contribution in [0.1, 0.15) is 33.6 Å². The maximum absolute atomic E-state index is 13.2. The first-order chi connectivity index (χ1) is 15.1. The van der Waals surface area contributed by atoms with Crippen LogP contribution < -0.4 is 15.4 Å². The summed E-state index contributed by atoms with van der Waals surface area (Å²) in [5, 5.41) is 7.36. The van der Waals surface area contributed by atoms with Crippen LogP contribution in [-0.2, 0) is 17.6 Å².